The predicted octanol–water partition coefficient (Wildman–Crippen LogP) is 1.01. The lowest BCUT2D eigenvalue weighted by Gasteiger charge is -2.27. The van der Waals surface area contributed by atoms with Crippen LogP contribution in [-0.2, 0) is 17.8 Å². The van der Waals surface area contributed by atoms with Gasteiger partial charge in [-0.3, -0.25) is 19.8 Å². The lowest BCUT2D eigenvalue weighted by Crippen LogP contribution is -2.48. The number of hydrogen-bond donors (Lipinski definition) is 2. The summed E-state index contributed by atoms with van der Waals surface area (Å²) in [6.07, 6.45) is 3.96. The molecule has 25 heavy (non-hydrogen) atoms. The third-order valence-electron chi connectivity index (χ3n) is 4.67. The summed E-state index contributed by atoms with van der Waals surface area (Å²) in [5, 5.41) is 6.19. The van der Waals surface area contributed by atoms with E-state index in [-0.39, 0.29) is 5.91 Å². The minimum Gasteiger partial charge on any atom is -0.355 e. The summed E-state index contributed by atoms with van der Waals surface area (Å²) in [5.74, 6) is 0.597. The molecule has 128 valence electrons. The van der Waals surface area contributed by atoms with E-state index in [1.54, 1.807) is 6.20 Å². The van der Waals surface area contributed by atoms with E-state index in [9.17, 15) is 4.79 Å². The van der Waals surface area contributed by atoms with Gasteiger partial charge in [-0.15, -0.1) is 0 Å². The van der Waals surface area contributed by atoms with Gasteiger partial charge in [0.15, 0.2) is 0 Å². The number of carbonyl (C=O) groups is 1. The highest BCUT2D eigenvalue weighted by Gasteiger charge is 2.20. The Morgan fingerprint density at radius 2 is 2.20 bits per heavy atom. The summed E-state index contributed by atoms with van der Waals surface area (Å²) in [7, 11) is 0. The Bertz CT molecular complexity index is 841. The molecule has 6 nitrogen and oxygen atoms in total. The first-order chi connectivity index (χ1) is 12.2. The summed E-state index contributed by atoms with van der Waals surface area (Å²) in [6, 6.07) is 6.01. The van der Waals surface area contributed by atoms with Gasteiger partial charge in [-0.2, -0.15) is 0 Å². The van der Waals surface area contributed by atoms with E-state index in [0.29, 0.717) is 18.9 Å². The van der Waals surface area contributed by atoms with Gasteiger partial charge in [-0.05, 0) is 30.7 Å². The molecule has 4 rings (SSSR count). The summed E-state index contributed by atoms with van der Waals surface area (Å²) in [5.41, 5.74) is 5.97. The molecule has 2 aromatic rings. The van der Waals surface area contributed by atoms with Gasteiger partial charge < -0.3 is 10.6 Å². The van der Waals surface area contributed by atoms with Crippen LogP contribution in [0.15, 0.2) is 35.6 Å². The second-order valence-electron chi connectivity index (χ2n) is 6.69. The molecule has 0 spiro atoms. The van der Waals surface area contributed by atoms with Crippen molar-refractivity contribution in [2.45, 2.75) is 19.9 Å². The van der Waals surface area contributed by atoms with Crippen LogP contribution < -0.4 is 10.6 Å². The van der Waals surface area contributed by atoms with E-state index < -0.39 is 0 Å². The number of aliphatic imine (C=N–C) groups is 1. The van der Waals surface area contributed by atoms with E-state index in [1.807, 2.05) is 31.3 Å². The Balaban J connectivity index is 1.44. The van der Waals surface area contributed by atoms with Crippen molar-refractivity contribution >= 4 is 11.6 Å². The number of aromatic nitrogens is 2. The van der Waals surface area contributed by atoms with Gasteiger partial charge in [-0.1, -0.05) is 0 Å². The fourth-order valence-corrected chi connectivity index (χ4v) is 3.15. The van der Waals surface area contributed by atoms with Gasteiger partial charge in [0, 0.05) is 54.8 Å². The zero-order valence-electron chi connectivity index (χ0n) is 14.2. The molecule has 0 aromatic carbocycles. The van der Waals surface area contributed by atoms with Crippen molar-refractivity contribution in [1.29, 1.82) is 0 Å². The van der Waals surface area contributed by atoms with Crippen LogP contribution in [-0.4, -0.2) is 41.2 Å². The van der Waals surface area contributed by atoms with Crippen LogP contribution in [0.1, 0.15) is 28.1 Å². The highest BCUT2D eigenvalue weighted by molar-refractivity contribution is 6.15. The zero-order chi connectivity index (χ0) is 17.2. The number of amides is 1. The monoisotopic (exact) mass is 335 g/mol. The van der Waals surface area contributed by atoms with E-state index in [1.165, 1.54) is 0 Å². The highest BCUT2D eigenvalue weighted by Crippen LogP contribution is 2.23. The second kappa shape index (κ2) is 6.72. The fourth-order valence-electron chi connectivity index (χ4n) is 3.15. The third-order valence-corrected chi connectivity index (χ3v) is 4.67. The quantitative estimate of drug-likeness (QED) is 0.855. The molecule has 0 bridgehead atoms. The third kappa shape index (κ3) is 3.44. The van der Waals surface area contributed by atoms with E-state index in [4.69, 9.17) is 0 Å². The Labute approximate surface area is 146 Å². The van der Waals surface area contributed by atoms with Gasteiger partial charge in [0.1, 0.15) is 0 Å². The molecular weight excluding hydrogens is 314 g/mol. The van der Waals surface area contributed by atoms with Crippen molar-refractivity contribution in [3.8, 4) is 0 Å². The summed E-state index contributed by atoms with van der Waals surface area (Å²) < 4.78 is 0. The lowest BCUT2D eigenvalue weighted by atomic mass is 10.0. The Morgan fingerprint density at radius 1 is 1.32 bits per heavy atom. The van der Waals surface area contributed by atoms with Crippen molar-refractivity contribution in [3.05, 3.63) is 58.7 Å². The number of carbonyl (C=O) groups excluding carboxylic acids is 1. The molecule has 2 aliphatic heterocycles. The molecule has 0 radical (unpaired) electrons. The number of fused-ring (bicyclic) bond motifs is 1. The van der Waals surface area contributed by atoms with Crippen LogP contribution in [0, 0.1) is 12.8 Å². The molecule has 2 aliphatic rings. The Morgan fingerprint density at radius 3 is 2.96 bits per heavy atom. The SMILES string of the molecule is Cc1cc(C2=NCc3cc(CC(=O)NCC4CNC4)ncc32)ccn1. The molecule has 0 saturated carbocycles. The van der Waals surface area contributed by atoms with Crippen LogP contribution in [0.2, 0.25) is 0 Å². The fraction of sp³-hybridized carbons (Fsp3) is 0.368. The van der Waals surface area contributed by atoms with E-state index in [2.05, 4.69) is 25.6 Å². The van der Waals surface area contributed by atoms with Gasteiger partial charge in [0.05, 0.1) is 24.4 Å². The minimum absolute atomic E-state index is 0.0308. The number of aryl methyl sites for hydroxylation is 1. The number of rotatable bonds is 5. The largest absolute Gasteiger partial charge is 0.355 e. The van der Waals surface area contributed by atoms with Crippen molar-refractivity contribution in [2.24, 2.45) is 10.9 Å². The standard InChI is InChI=1S/C19H21N5O/c1-12-4-14(2-3-21-12)19-17-11-22-16(5-15(17)10-24-19)6-18(25)23-9-13-7-20-8-13/h2-5,11,13,20H,6-10H2,1H3,(H,23,25). The van der Waals surface area contributed by atoms with Gasteiger partial charge in [-0.25, -0.2) is 0 Å². The minimum atomic E-state index is 0.0308. The average molecular weight is 335 g/mol. The number of nitrogens with zero attached hydrogens (tertiary/aromatic N) is 3. The maximum atomic E-state index is 12.1. The molecule has 1 saturated heterocycles. The maximum absolute atomic E-state index is 12.1. The van der Waals surface area contributed by atoms with E-state index in [0.717, 1.165) is 53.4 Å². The summed E-state index contributed by atoms with van der Waals surface area (Å²) in [6.45, 7) is 5.33. The van der Waals surface area contributed by atoms with Crippen LogP contribution in [0.3, 0.4) is 0 Å². The molecule has 1 fully saturated rings. The molecule has 4 heterocycles. The second-order valence-corrected chi connectivity index (χ2v) is 6.69. The summed E-state index contributed by atoms with van der Waals surface area (Å²) in [4.78, 5) is 25.4. The van der Waals surface area contributed by atoms with Gasteiger partial charge >= 0.3 is 0 Å². The lowest BCUT2D eigenvalue weighted by molar-refractivity contribution is -0.120. The average Bonchev–Trinajstić information content (AvgIpc) is 2.96. The first-order valence-corrected chi connectivity index (χ1v) is 8.62. The van der Waals surface area contributed by atoms with Crippen molar-refractivity contribution < 1.29 is 4.79 Å². The molecule has 6 heteroatoms. The predicted molar refractivity (Wildman–Crippen MR) is 95.6 cm³/mol. The summed E-state index contributed by atoms with van der Waals surface area (Å²) >= 11 is 0. The molecule has 2 aromatic heterocycles. The number of nitrogens with one attached hydrogen (secondary N) is 2. The topological polar surface area (TPSA) is 79.3 Å². The van der Waals surface area contributed by atoms with Crippen LogP contribution in [0.4, 0.5) is 0 Å². The zero-order valence-corrected chi connectivity index (χ0v) is 14.2. The molecule has 0 aliphatic carbocycles. The molecule has 0 unspecified atom stereocenters. The van der Waals surface area contributed by atoms with Crippen LogP contribution in [0.25, 0.3) is 0 Å². The first kappa shape index (κ1) is 15.9. The van der Waals surface area contributed by atoms with Crippen molar-refractivity contribution in [3.63, 3.8) is 0 Å². The number of hydrogen-bond acceptors (Lipinski definition) is 5. The number of pyridine rings is 2. The Kier molecular flexibility index (Phi) is 4.28. The van der Waals surface area contributed by atoms with Gasteiger partial charge in [0.2, 0.25) is 5.91 Å². The maximum Gasteiger partial charge on any atom is 0.226 e. The Hall–Kier alpha value is -2.60. The molecule has 2 N–H and O–H groups in total. The van der Waals surface area contributed by atoms with Gasteiger partial charge in [0.25, 0.3) is 0 Å². The smallest absolute Gasteiger partial charge is 0.226 e. The van der Waals surface area contributed by atoms with Crippen molar-refractivity contribution in [2.75, 3.05) is 19.6 Å². The first-order valence-electron chi connectivity index (χ1n) is 8.62. The van der Waals surface area contributed by atoms with Crippen molar-refractivity contribution in [1.82, 2.24) is 20.6 Å². The molecular formula is C19H21N5O. The normalized spacial score (nSPS) is 16.1. The molecule has 0 atom stereocenters. The van der Waals surface area contributed by atoms with Crippen LogP contribution >= 0.6 is 0 Å². The molecule has 1 amide bonds. The van der Waals surface area contributed by atoms with E-state index >= 15 is 0 Å². The highest BCUT2D eigenvalue weighted by atomic mass is 16.1. The van der Waals surface area contributed by atoms with Crippen LogP contribution in [0.5, 0.6) is 0 Å².